The molecule has 2 N–H and O–H groups in total. The average molecular weight is 498 g/mol. The monoisotopic (exact) mass is 497 g/mol. The second kappa shape index (κ2) is 12.3. The molecule has 1 atom stereocenters. The lowest BCUT2D eigenvalue weighted by atomic mass is 9.90. The summed E-state index contributed by atoms with van der Waals surface area (Å²) in [5.74, 6) is -3.29. The molecular formula is C26H31ClF3NO3. The van der Waals surface area contributed by atoms with Gasteiger partial charge in [-0.2, -0.15) is 4.39 Å². The van der Waals surface area contributed by atoms with Gasteiger partial charge in [-0.15, -0.1) is 19.0 Å². The van der Waals surface area contributed by atoms with Gasteiger partial charge in [0.05, 0.1) is 19.6 Å². The molecule has 2 aromatic rings. The van der Waals surface area contributed by atoms with Gasteiger partial charge >= 0.3 is 5.97 Å². The number of allylic oxidation sites excluding steroid dienone is 1. The van der Waals surface area contributed by atoms with E-state index < -0.39 is 29.5 Å². The van der Waals surface area contributed by atoms with Crippen molar-refractivity contribution in [3.63, 3.8) is 0 Å². The minimum atomic E-state index is -1.09. The van der Waals surface area contributed by atoms with Gasteiger partial charge in [0.25, 0.3) is 0 Å². The number of nitrogens with two attached hydrogens (primary N) is 1. The first-order valence-electron chi connectivity index (χ1n) is 11.3. The number of aryl methyl sites for hydroxylation is 1. The van der Waals surface area contributed by atoms with E-state index in [0.717, 1.165) is 18.9 Å². The molecule has 1 aliphatic rings. The van der Waals surface area contributed by atoms with Crippen LogP contribution in [0.1, 0.15) is 67.7 Å². The highest BCUT2D eigenvalue weighted by molar-refractivity contribution is 5.85. The molecule has 1 saturated carbocycles. The number of halogens is 4. The van der Waals surface area contributed by atoms with Crippen molar-refractivity contribution in [3.8, 4) is 16.9 Å². The molecule has 0 amide bonds. The Morgan fingerprint density at radius 1 is 1.24 bits per heavy atom. The number of ether oxygens (including phenoxy) is 2. The van der Waals surface area contributed by atoms with Crippen LogP contribution in [0.2, 0.25) is 0 Å². The molecule has 186 valence electrons. The molecule has 0 heterocycles. The predicted molar refractivity (Wildman–Crippen MR) is 129 cm³/mol. The van der Waals surface area contributed by atoms with Crippen molar-refractivity contribution in [2.45, 2.75) is 57.9 Å². The fourth-order valence-electron chi connectivity index (χ4n) is 3.90. The predicted octanol–water partition coefficient (Wildman–Crippen LogP) is 6.68. The molecular weight excluding hydrogens is 467 g/mol. The number of unbranched alkanes of at least 4 members (excludes halogenated alkanes) is 1. The maximum absolute atomic E-state index is 15.4. The van der Waals surface area contributed by atoms with Crippen LogP contribution in [-0.2, 0) is 9.53 Å². The number of carbonyl (C=O) groups excluding carboxylic acids is 1. The van der Waals surface area contributed by atoms with Crippen LogP contribution >= 0.6 is 12.4 Å². The lowest BCUT2D eigenvalue weighted by molar-refractivity contribution is -0.143. The van der Waals surface area contributed by atoms with E-state index in [1.54, 1.807) is 26.0 Å². The summed E-state index contributed by atoms with van der Waals surface area (Å²) in [6.07, 6.45) is 4.44. The molecule has 0 saturated heterocycles. The Hall–Kier alpha value is -2.51. The zero-order valence-corrected chi connectivity index (χ0v) is 20.3. The fourth-order valence-corrected chi connectivity index (χ4v) is 3.90. The molecule has 0 radical (unpaired) electrons. The van der Waals surface area contributed by atoms with Crippen LogP contribution in [0.15, 0.2) is 30.9 Å². The molecule has 2 aromatic carbocycles. The third-order valence-corrected chi connectivity index (χ3v) is 5.70. The second-order valence-corrected chi connectivity index (χ2v) is 8.33. The zero-order valence-electron chi connectivity index (χ0n) is 19.5. The Morgan fingerprint density at radius 3 is 2.56 bits per heavy atom. The van der Waals surface area contributed by atoms with E-state index in [1.807, 2.05) is 0 Å². The van der Waals surface area contributed by atoms with E-state index in [4.69, 9.17) is 15.2 Å². The van der Waals surface area contributed by atoms with Gasteiger partial charge in [-0.1, -0.05) is 6.08 Å². The van der Waals surface area contributed by atoms with E-state index in [9.17, 15) is 13.6 Å². The van der Waals surface area contributed by atoms with Crippen molar-refractivity contribution >= 4 is 18.4 Å². The molecule has 0 aromatic heterocycles. The fraction of sp³-hybridized carbons (Fsp3) is 0.423. The second-order valence-electron chi connectivity index (χ2n) is 8.33. The van der Waals surface area contributed by atoms with Gasteiger partial charge in [-0.3, -0.25) is 4.79 Å². The molecule has 8 heteroatoms. The Balaban J connectivity index is 0.00000408. The highest BCUT2D eigenvalue weighted by Crippen LogP contribution is 2.46. The average Bonchev–Trinajstić information content (AvgIpc) is 3.60. The topological polar surface area (TPSA) is 61.5 Å². The summed E-state index contributed by atoms with van der Waals surface area (Å²) in [5.41, 5.74) is 8.07. The Kier molecular flexibility index (Phi) is 10.0. The number of benzene rings is 2. The summed E-state index contributed by atoms with van der Waals surface area (Å²) in [6, 6.07) is 3.31. The van der Waals surface area contributed by atoms with Crippen molar-refractivity contribution in [1.82, 2.24) is 0 Å². The summed E-state index contributed by atoms with van der Waals surface area (Å²) >= 11 is 0. The lowest BCUT2D eigenvalue weighted by Crippen LogP contribution is -2.19. The van der Waals surface area contributed by atoms with E-state index in [-0.39, 0.29) is 49.3 Å². The van der Waals surface area contributed by atoms with Gasteiger partial charge in [-0.25, -0.2) is 8.78 Å². The standard InChI is InChI=1S/C26H30F3NO3.ClH/c1-4-6-7-10-33-26-23(15(3)11-20(27)25(26)29)17-12-18(16-8-9-16)24(28)19(13-17)21(30)14-22(31)32-5-2;/h4,11-13,16,21H,1,5-10,14,30H2,2-3H3;1H/t21-;/m0./s1. The van der Waals surface area contributed by atoms with E-state index >= 15 is 4.39 Å². The van der Waals surface area contributed by atoms with Crippen LogP contribution < -0.4 is 10.5 Å². The minimum Gasteiger partial charge on any atom is -0.490 e. The number of hydrogen-bond donors (Lipinski definition) is 1. The van der Waals surface area contributed by atoms with Gasteiger partial charge in [0.15, 0.2) is 11.6 Å². The first kappa shape index (κ1) is 27.7. The summed E-state index contributed by atoms with van der Waals surface area (Å²) in [6.45, 7) is 7.34. The molecule has 0 bridgehead atoms. The molecule has 1 aliphatic carbocycles. The number of esters is 1. The third-order valence-electron chi connectivity index (χ3n) is 5.70. The minimum absolute atomic E-state index is 0. The smallest absolute Gasteiger partial charge is 0.307 e. The van der Waals surface area contributed by atoms with Crippen molar-refractivity contribution in [2.24, 2.45) is 5.73 Å². The van der Waals surface area contributed by atoms with Crippen LogP contribution in [0.4, 0.5) is 13.2 Å². The van der Waals surface area contributed by atoms with Crippen LogP contribution in [0, 0.1) is 24.4 Å². The molecule has 0 unspecified atom stereocenters. The summed E-state index contributed by atoms with van der Waals surface area (Å²) in [7, 11) is 0. The van der Waals surface area contributed by atoms with E-state index in [1.165, 1.54) is 6.07 Å². The van der Waals surface area contributed by atoms with Crippen molar-refractivity contribution in [3.05, 3.63) is 65.0 Å². The third kappa shape index (κ3) is 6.33. The van der Waals surface area contributed by atoms with E-state index in [0.29, 0.717) is 35.1 Å². The number of hydrogen-bond acceptors (Lipinski definition) is 4. The quantitative estimate of drug-likeness (QED) is 0.214. The Labute approximate surface area is 204 Å². The first-order valence-corrected chi connectivity index (χ1v) is 11.3. The molecule has 0 spiro atoms. The molecule has 1 fully saturated rings. The van der Waals surface area contributed by atoms with Crippen LogP contribution in [0.3, 0.4) is 0 Å². The number of carbonyl (C=O) groups is 1. The Bertz CT molecular complexity index is 1040. The van der Waals surface area contributed by atoms with Crippen molar-refractivity contribution < 1.29 is 27.4 Å². The lowest BCUT2D eigenvalue weighted by Gasteiger charge is -2.20. The maximum atomic E-state index is 15.4. The SMILES string of the molecule is C=CCCCOc1c(F)c(F)cc(C)c1-c1cc(C2CC2)c(F)c([C@@H](N)CC(=O)OCC)c1.Cl. The largest absolute Gasteiger partial charge is 0.490 e. The summed E-state index contributed by atoms with van der Waals surface area (Å²) in [4.78, 5) is 11.9. The van der Waals surface area contributed by atoms with Crippen LogP contribution in [-0.4, -0.2) is 19.2 Å². The van der Waals surface area contributed by atoms with Gasteiger partial charge in [0.2, 0.25) is 5.82 Å². The van der Waals surface area contributed by atoms with Gasteiger partial charge in [0.1, 0.15) is 5.82 Å². The molecule has 3 rings (SSSR count). The summed E-state index contributed by atoms with van der Waals surface area (Å²) in [5, 5.41) is 0. The van der Waals surface area contributed by atoms with Gasteiger partial charge in [-0.05, 0) is 80.3 Å². The highest BCUT2D eigenvalue weighted by atomic mass is 35.5. The van der Waals surface area contributed by atoms with Crippen LogP contribution in [0.25, 0.3) is 11.1 Å². The summed E-state index contributed by atoms with van der Waals surface area (Å²) < 4.78 is 55.0. The van der Waals surface area contributed by atoms with Crippen LogP contribution in [0.5, 0.6) is 5.75 Å². The first-order chi connectivity index (χ1) is 15.8. The van der Waals surface area contributed by atoms with Gasteiger partial charge < -0.3 is 15.2 Å². The molecule has 4 nitrogen and oxygen atoms in total. The molecule has 34 heavy (non-hydrogen) atoms. The highest BCUT2D eigenvalue weighted by Gasteiger charge is 2.31. The molecule has 0 aliphatic heterocycles. The normalized spacial score (nSPS) is 13.7. The van der Waals surface area contributed by atoms with Gasteiger partial charge in [0, 0.05) is 17.2 Å². The van der Waals surface area contributed by atoms with E-state index in [2.05, 4.69) is 6.58 Å². The number of rotatable bonds is 11. The Morgan fingerprint density at radius 2 is 1.94 bits per heavy atom. The maximum Gasteiger partial charge on any atom is 0.307 e. The van der Waals surface area contributed by atoms with Crippen molar-refractivity contribution in [1.29, 1.82) is 0 Å². The van der Waals surface area contributed by atoms with Crippen molar-refractivity contribution in [2.75, 3.05) is 13.2 Å². The zero-order chi connectivity index (χ0) is 24.1.